The molecule has 2 aromatic heterocycles. The largest absolute Gasteiger partial charge is 0.358 e. The average molecular weight is 238 g/mol. The molecular weight excluding hydrogens is 220 g/mol. The van der Waals surface area contributed by atoms with Crippen LogP contribution in [-0.2, 0) is 0 Å². The summed E-state index contributed by atoms with van der Waals surface area (Å²) in [6, 6.07) is 4.40. The molecule has 0 aliphatic rings. The fourth-order valence-corrected chi connectivity index (χ4v) is 2.90. The predicted octanol–water partition coefficient (Wildman–Crippen LogP) is 4.26. The fraction of sp³-hybridized carbons (Fsp3) is 0.312. The molecule has 18 heavy (non-hydrogen) atoms. The minimum atomic E-state index is 1.12. The van der Waals surface area contributed by atoms with E-state index in [0.717, 1.165) is 11.2 Å². The van der Waals surface area contributed by atoms with Gasteiger partial charge in [-0.1, -0.05) is 0 Å². The van der Waals surface area contributed by atoms with Gasteiger partial charge in [0.05, 0.1) is 5.52 Å². The van der Waals surface area contributed by atoms with E-state index < -0.39 is 0 Å². The van der Waals surface area contributed by atoms with Gasteiger partial charge in [0.25, 0.3) is 0 Å². The molecule has 0 amide bonds. The van der Waals surface area contributed by atoms with Crippen molar-refractivity contribution in [1.82, 2.24) is 9.97 Å². The van der Waals surface area contributed by atoms with E-state index in [4.69, 9.17) is 0 Å². The molecular formula is C16H18N2. The second-order valence-electron chi connectivity index (χ2n) is 5.30. The molecule has 1 N–H and O–H groups in total. The van der Waals surface area contributed by atoms with Crippen molar-refractivity contribution < 1.29 is 0 Å². The van der Waals surface area contributed by atoms with Crippen LogP contribution in [0.3, 0.4) is 0 Å². The average Bonchev–Trinajstić information content (AvgIpc) is 2.55. The van der Waals surface area contributed by atoms with Gasteiger partial charge in [-0.3, -0.25) is 4.98 Å². The normalized spacial score (nSPS) is 11.6. The van der Waals surface area contributed by atoms with Crippen LogP contribution < -0.4 is 0 Å². The smallest absolute Gasteiger partial charge is 0.0718 e. The van der Waals surface area contributed by atoms with Crippen molar-refractivity contribution >= 4 is 21.8 Å². The predicted molar refractivity (Wildman–Crippen MR) is 77.3 cm³/mol. The van der Waals surface area contributed by atoms with E-state index in [0.29, 0.717) is 0 Å². The van der Waals surface area contributed by atoms with Crippen molar-refractivity contribution in [3.05, 3.63) is 40.2 Å². The molecule has 0 atom stereocenters. The number of nitrogens with one attached hydrogen (secondary N) is 1. The van der Waals surface area contributed by atoms with E-state index in [-0.39, 0.29) is 0 Å². The lowest BCUT2D eigenvalue weighted by atomic mass is 9.99. The van der Waals surface area contributed by atoms with Crippen molar-refractivity contribution in [2.24, 2.45) is 0 Å². The summed E-state index contributed by atoms with van der Waals surface area (Å²) in [6.07, 6.45) is 0. The second-order valence-corrected chi connectivity index (χ2v) is 5.30. The molecule has 1 aromatic carbocycles. The molecule has 0 spiro atoms. The van der Waals surface area contributed by atoms with Gasteiger partial charge in [-0.2, -0.15) is 0 Å². The second kappa shape index (κ2) is 3.58. The van der Waals surface area contributed by atoms with Crippen LogP contribution in [0.25, 0.3) is 21.8 Å². The summed E-state index contributed by atoms with van der Waals surface area (Å²) in [5.74, 6) is 0. The monoisotopic (exact) mass is 238 g/mol. The van der Waals surface area contributed by atoms with Crippen molar-refractivity contribution in [2.45, 2.75) is 34.6 Å². The Labute approximate surface area is 107 Å². The van der Waals surface area contributed by atoms with Crippen molar-refractivity contribution in [3.8, 4) is 0 Å². The number of hydrogen-bond acceptors (Lipinski definition) is 1. The fourth-order valence-electron chi connectivity index (χ4n) is 2.90. The highest BCUT2D eigenvalue weighted by Gasteiger charge is 2.13. The summed E-state index contributed by atoms with van der Waals surface area (Å²) < 4.78 is 0. The first-order chi connectivity index (χ1) is 8.49. The maximum atomic E-state index is 4.67. The van der Waals surface area contributed by atoms with Gasteiger partial charge >= 0.3 is 0 Å². The molecule has 0 aliphatic heterocycles. The molecule has 2 nitrogen and oxygen atoms in total. The van der Waals surface area contributed by atoms with Crippen molar-refractivity contribution in [1.29, 1.82) is 0 Å². The Bertz CT molecular complexity index is 779. The van der Waals surface area contributed by atoms with Crippen LogP contribution in [0.1, 0.15) is 28.1 Å². The highest BCUT2D eigenvalue weighted by Crippen LogP contribution is 2.33. The van der Waals surface area contributed by atoms with Crippen LogP contribution in [0.4, 0.5) is 0 Å². The lowest BCUT2D eigenvalue weighted by Crippen LogP contribution is -1.91. The highest BCUT2D eigenvalue weighted by molar-refractivity contribution is 6.10. The number of hydrogen-bond donors (Lipinski definition) is 1. The minimum absolute atomic E-state index is 1.12. The Hall–Kier alpha value is -1.83. The lowest BCUT2D eigenvalue weighted by molar-refractivity contribution is 1.22. The van der Waals surface area contributed by atoms with Gasteiger partial charge in [-0.05, 0) is 63.4 Å². The van der Waals surface area contributed by atoms with E-state index in [2.05, 4.69) is 56.7 Å². The molecule has 0 saturated heterocycles. The van der Waals surface area contributed by atoms with Gasteiger partial charge in [-0.25, -0.2) is 0 Å². The summed E-state index contributed by atoms with van der Waals surface area (Å²) in [5, 5.41) is 2.63. The third-order valence-electron chi connectivity index (χ3n) is 3.86. The maximum Gasteiger partial charge on any atom is 0.0718 e. The van der Waals surface area contributed by atoms with Gasteiger partial charge in [0, 0.05) is 27.7 Å². The van der Waals surface area contributed by atoms with Crippen molar-refractivity contribution in [3.63, 3.8) is 0 Å². The number of rotatable bonds is 0. The quantitative estimate of drug-likeness (QED) is 0.623. The van der Waals surface area contributed by atoms with E-state index in [1.54, 1.807) is 0 Å². The molecule has 0 bridgehead atoms. The van der Waals surface area contributed by atoms with E-state index in [9.17, 15) is 0 Å². The van der Waals surface area contributed by atoms with E-state index in [1.807, 2.05) is 0 Å². The van der Waals surface area contributed by atoms with Crippen LogP contribution >= 0.6 is 0 Å². The standard InChI is InChI=1S/C16H18N2/c1-8-6-10(3)17-16-9(2)7-13-15(14(8)16)11(4)12(5)18-13/h6-7,17H,1-5H3. The molecule has 0 fully saturated rings. The molecule has 0 aliphatic carbocycles. The number of aromatic amines is 1. The van der Waals surface area contributed by atoms with Gasteiger partial charge in [0.2, 0.25) is 0 Å². The molecule has 3 rings (SSSR count). The summed E-state index contributed by atoms with van der Waals surface area (Å²) >= 11 is 0. The van der Waals surface area contributed by atoms with Gasteiger partial charge in [0.1, 0.15) is 0 Å². The molecule has 0 saturated carbocycles. The number of aryl methyl sites for hydroxylation is 5. The SMILES string of the molecule is Cc1cc(C)c2c([nH]1)c(C)cc1nc(C)c(C)c12. The zero-order valence-electron chi connectivity index (χ0n) is 11.6. The lowest BCUT2D eigenvalue weighted by Gasteiger charge is -2.10. The summed E-state index contributed by atoms with van der Waals surface area (Å²) in [7, 11) is 0. The van der Waals surface area contributed by atoms with Crippen LogP contribution in [0, 0.1) is 34.6 Å². The Kier molecular flexibility index (Phi) is 2.24. The first-order valence-corrected chi connectivity index (χ1v) is 6.35. The Morgan fingerprint density at radius 3 is 2.33 bits per heavy atom. The molecule has 92 valence electrons. The molecule has 3 aromatic rings. The summed E-state index contributed by atoms with van der Waals surface area (Å²) in [6.45, 7) is 10.7. The third-order valence-corrected chi connectivity index (χ3v) is 3.86. The molecule has 2 heteroatoms. The van der Waals surface area contributed by atoms with Gasteiger partial charge in [-0.15, -0.1) is 0 Å². The molecule has 2 heterocycles. The number of pyridine rings is 1. The zero-order valence-corrected chi connectivity index (χ0v) is 11.6. The number of H-pyrrole nitrogens is 1. The highest BCUT2D eigenvalue weighted by atomic mass is 14.7. The van der Waals surface area contributed by atoms with Crippen LogP contribution in [0.2, 0.25) is 0 Å². The minimum Gasteiger partial charge on any atom is -0.358 e. The maximum absolute atomic E-state index is 4.67. The Morgan fingerprint density at radius 1 is 0.889 bits per heavy atom. The van der Waals surface area contributed by atoms with Crippen LogP contribution in [0.5, 0.6) is 0 Å². The summed E-state index contributed by atoms with van der Waals surface area (Å²) in [4.78, 5) is 8.17. The Balaban J connectivity index is 2.68. The van der Waals surface area contributed by atoms with Gasteiger partial charge < -0.3 is 4.98 Å². The third kappa shape index (κ3) is 1.38. The first-order valence-electron chi connectivity index (χ1n) is 6.35. The number of fused-ring (bicyclic) bond motifs is 3. The first kappa shape index (κ1) is 11.3. The van der Waals surface area contributed by atoms with Crippen LogP contribution in [-0.4, -0.2) is 9.97 Å². The number of aromatic nitrogens is 2. The number of nitrogens with zero attached hydrogens (tertiary/aromatic N) is 1. The molecule has 0 unspecified atom stereocenters. The zero-order chi connectivity index (χ0) is 13.0. The molecule has 0 radical (unpaired) electrons. The van der Waals surface area contributed by atoms with Crippen molar-refractivity contribution in [2.75, 3.05) is 0 Å². The topological polar surface area (TPSA) is 28.7 Å². The van der Waals surface area contributed by atoms with Crippen LogP contribution in [0.15, 0.2) is 12.1 Å². The van der Waals surface area contributed by atoms with E-state index in [1.165, 1.54) is 38.7 Å². The number of benzene rings is 1. The summed E-state index contributed by atoms with van der Waals surface area (Å²) in [5.41, 5.74) is 8.60. The van der Waals surface area contributed by atoms with E-state index >= 15 is 0 Å². The van der Waals surface area contributed by atoms with Gasteiger partial charge in [0.15, 0.2) is 0 Å². The Morgan fingerprint density at radius 2 is 1.61 bits per heavy atom.